The lowest BCUT2D eigenvalue weighted by atomic mass is 10.0. The molecule has 2 aromatic rings. The van der Waals surface area contributed by atoms with E-state index in [2.05, 4.69) is 19.2 Å². The van der Waals surface area contributed by atoms with Gasteiger partial charge >= 0.3 is 0 Å². The predicted molar refractivity (Wildman–Crippen MR) is 116 cm³/mol. The van der Waals surface area contributed by atoms with Gasteiger partial charge in [0, 0.05) is 18.7 Å². The molecule has 30 heavy (non-hydrogen) atoms. The normalized spacial score (nSPS) is 11.8. The molecule has 0 aliphatic carbocycles. The van der Waals surface area contributed by atoms with E-state index in [4.69, 9.17) is 4.74 Å². The number of carbonyl (C=O) groups excluding carboxylic acids is 2. The maximum atomic E-state index is 14.2. The molecule has 0 saturated carbocycles. The van der Waals surface area contributed by atoms with Crippen molar-refractivity contribution >= 4 is 11.8 Å². The molecule has 5 nitrogen and oxygen atoms in total. The highest BCUT2D eigenvalue weighted by Gasteiger charge is 2.27. The standard InChI is InChI=1S/C24H31FN2O3/c1-5-14-26-24(29)18(4)27(15-20-8-6-7-9-22(20)25)23(28)16-30-21-12-10-19(11-13-21)17(2)3/h6-13,17-18H,5,14-16H2,1-4H3,(H,26,29)/t18-/m1/s1. The Morgan fingerprint density at radius 1 is 1.07 bits per heavy atom. The van der Waals surface area contributed by atoms with Crippen molar-refractivity contribution in [2.45, 2.75) is 52.6 Å². The van der Waals surface area contributed by atoms with Crippen LogP contribution < -0.4 is 10.1 Å². The first kappa shape index (κ1) is 23.4. The van der Waals surface area contributed by atoms with Crippen LogP contribution in [0.1, 0.15) is 51.2 Å². The SMILES string of the molecule is CCCNC(=O)[C@@H](C)N(Cc1ccccc1F)C(=O)COc1ccc(C(C)C)cc1. The van der Waals surface area contributed by atoms with Crippen molar-refractivity contribution < 1.29 is 18.7 Å². The van der Waals surface area contributed by atoms with E-state index in [9.17, 15) is 14.0 Å². The van der Waals surface area contributed by atoms with E-state index >= 15 is 0 Å². The molecular formula is C24H31FN2O3. The summed E-state index contributed by atoms with van der Waals surface area (Å²) in [7, 11) is 0. The molecule has 0 aromatic heterocycles. The second kappa shape index (κ2) is 11.3. The van der Waals surface area contributed by atoms with E-state index in [-0.39, 0.29) is 25.0 Å². The molecule has 2 rings (SSSR count). The van der Waals surface area contributed by atoms with Crippen LogP contribution in [0.25, 0.3) is 0 Å². The van der Waals surface area contributed by atoms with E-state index in [0.717, 1.165) is 6.42 Å². The molecule has 0 aliphatic rings. The monoisotopic (exact) mass is 414 g/mol. The van der Waals surface area contributed by atoms with Gasteiger partial charge in [-0.15, -0.1) is 0 Å². The minimum atomic E-state index is -0.754. The first-order valence-corrected chi connectivity index (χ1v) is 10.4. The van der Waals surface area contributed by atoms with Crippen molar-refractivity contribution in [2.24, 2.45) is 0 Å². The number of rotatable bonds is 10. The van der Waals surface area contributed by atoms with Gasteiger partial charge in [-0.1, -0.05) is 51.1 Å². The number of amides is 2. The molecule has 0 aliphatic heterocycles. The fraction of sp³-hybridized carbons (Fsp3) is 0.417. The lowest BCUT2D eigenvalue weighted by molar-refractivity contribution is -0.142. The van der Waals surface area contributed by atoms with Crippen LogP contribution in [0.4, 0.5) is 4.39 Å². The van der Waals surface area contributed by atoms with Gasteiger partial charge in [0.25, 0.3) is 5.91 Å². The Kier molecular flexibility index (Phi) is 8.84. The average Bonchev–Trinajstić information content (AvgIpc) is 2.75. The van der Waals surface area contributed by atoms with Crippen LogP contribution in [-0.2, 0) is 16.1 Å². The summed E-state index contributed by atoms with van der Waals surface area (Å²) in [6.45, 7) is 8.06. The minimum absolute atomic E-state index is 0.0120. The number of hydrogen-bond donors (Lipinski definition) is 1. The summed E-state index contributed by atoms with van der Waals surface area (Å²) in [4.78, 5) is 26.7. The zero-order chi connectivity index (χ0) is 22.1. The molecule has 0 fully saturated rings. The molecule has 0 spiro atoms. The van der Waals surface area contributed by atoms with Gasteiger partial charge in [0.05, 0.1) is 0 Å². The van der Waals surface area contributed by atoms with Crippen LogP contribution in [0.2, 0.25) is 0 Å². The highest BCUT2D eigenvalue weighted by Crippen LogP contribution is 2.19. The van der Waals surface area contributed by atoms with E-state index in [1.54, 1.807) is 25.1 Å². The Balaban J connectivity index is 2.12. The van der Waals surface area contributed by atoms with Gasteiger partial charge in [-0.25, -0.2) is 4.39 Å². The highest BCUT2D eigenvalue weighted by molar-refractivity contribution is 5.87. The summed E-state index contributed by atoms with van der Waals surface area (Å²) in [6, 6.07) is 13.1. The van der Waals surface area contributed by atoms with Gasteiger partial charge in [-0.2, -0.15) is 0 Å². The third-order valence-electron chi connectivity index (χ3n) is 4.92. The molecule has 0 heterocycles. The number of nitrogens with zero attached hydrogens (tertiary/aromatic N) is 1. The summed E-state index contributed by atoms with van der Waals surface area (Å²) < 4.78 is 19.8. The summed E-state index contributed by atoms with van der Waals surface area (Å²) in [5.41, 5.74) is 1.53. The molecule has 0 saturated heterocycles. The molecular weight excluding hydrogens is 383 g/mol. The Morgan fingerprint density at radius 2 is 1.73 bits per heavy atom. The summed E-state index contributed by atoms with van der Waals surface area (Å²) in [6.07, 6.45) is 0.787. The van der Waals surface area contributed by atoms with Crippen LogP contribution in [-0.4, -0.2) is 35.9 Å². The number of carbonyl (C=O) groups is 2. The largest absolute Gasteiger partial charge is 0.484 e. The molecule has 0 bridgehead atoms. The van der Waals surface area contributed by atoms with Crippen LogP contribution in [0.15, 0.2) is 48.5 Å². The topological polar surface area (TPSA) is 58.6 Å². The molecule has 1 N–H and O–H groups in total. The van der Waals surface area contributed by atoms with Crippen LogP contribution >= 0.6 is 0 Å². The first-order valence-electron chi connectivity index (χ1n) is 10.4. The second-order valence-corrected chi connectivity index (χ2v) is 7.59. The lowest BCUT2D eigenvalue weighted by Gasteiger charge is -2.28. The number of halogens is 1. The van der Waals surface area contributed by atoms with E-state index in [1.807, 2.05) is 31.2 Å². The lowest BCUT2D eigenvalue weighted by Crippen LogP contribution is -2.49. The summed E-state index contributed by atoms with van der Waals surface area (Å²) in [5, 5.41) is 2.79. The second-order valence-electron chi connectivity index (χ2n) is 7.59. The van der Waals surface area contributed by atoms with Gasteiger partial charge in [-0.05, 0) is 43.0 Å². The van der Waals surface area contributed by atoms with Crippen molar-refractivity contribution in [2.75, 3.05) is 13.2 Å². The molecule has 162 valence electrons. The van der Waals surface area contributed by atoms with E-state index in [0.29, 0.717) is 23.8 Å². The Labute approximate surface area is 178 Å². The Morgan fingerprint density at radius 3 is 2.33 bits per heavy atom. The van der Waals surface area contributed by atoms with Crippen molar-refractivity contribution in [3.63, 3.8) is 0 Å². The van der Waals surface area contributed by atoms with E-state index < -0.39 is 11.9 Å². The van der Waals surface area contributed by atoms with Crippen LogP contribution in [0.3, 0.4) is 0 Å². The fourth-order valence-corrected chi connectivity index (χ4v) is 2.97. The molecule has 6 heteroatoms. The first-order chi connectivity index (χ1) is 14.3. The smallest absolute Gasteiger partial charge is 0.261 e. The van der Waals surface area contributed by atoms with Crippen molar-refractivity contribution in [3.05, 3.63) is 65.5 Å². The number of ether oxygens (including phenoxy) is 1. The Hall–Kier alpha value is -2.89. The zero-order valence-electron chi connectivity index (χ0n) is 18.2. The summed E-state index contributed by atoms with van der Waals surface area (Å²) in [5.74, 6) is -0.101. The van der Waals surface area contributed by atoms with Crippen LogP contribution in [0, 0.1) is 5.82 Å². The third kappa shape index (κ3) is 6.58. The van der Waals surface area contributed by atoms with Gasteiger partial charge in [0.1, 0.15) is 17.6 Å². The van der Waals surface area contributed by atoms with Gasteiger partial charge < -0.3 is 15.0 Å². The number of benzene rings is 2. The Bertz CT molecular complexity index is 837. The van der Waals surface area contributed by atoms with Crippen molar-refractivity contribution in [1.29, 1.82) is 0 Å². The van der Waals surface area contributed by atoms with Crippen molar-refractivity contribution in [3.8, 4) is 5.75 Å². The number of nitrogens with one attached hydrogen (secondary N) is 1. The van der Waals surface area contributed by atoms with Gasteiger partial charge in [0.15, 0.2) is 6.61 Å². The van der Waals surface area contributed by atoms with Crippen molar-refractivity contribution in [1.82, 2.24) is 10.2 Å². The molecule has 1 atom stereocenters. The summed E-state index contributed by atoms with van der Waals surface area (Å²) >= 11 is 0. The third-order valence-corrected chi connectivity index (χ3v) is 4.92. The highest BCUT2D eigenvalue weighted by atomic mass is 19.1. The van der Waals surface area contributed by atoms with E-state index in [1.165, 1.54) is 16.5 Å². The van der Waals surface area contributed by atoms with Crippen LogP contribution in [0.5, 0.6) is 5.75 Å². The maximum Gasteiger partial charge on any atom is 0.261 e. The van der Waals surface area contributed by atoms with Gasteiger partial charge in [-0.3, -0.25) is 9.59 Å². The quantitative estimate of drug-likeness (QED) is 0.632. The average molecular weight is 415 g/mol. The minimum Gasteiger partial charge on any atom is -0.484 e. The zero-order valence-corrected chi connectivity index (χ0v) is 18.2. The van der Waals surface area contributed by atoms with Gasteiger partial charge in [0.2, 0.25) is 5.91 Å². The molecule has 2 aromatic carbocycles. The predicted octanol–water partition coefficient (Wildman–Crippen LogP) is 4.27. The molecule has 0 radical (unpaired) electrons. The molecule has 0 unspecified atom stereocenters. The number of hydrogen-bond acceptors (Lipinski definition) is 3. The maximum absolute atomic E-state index is 14.2. The molecule has 2 amide bonds. The fourth-order valence-electron chi connectivity index (χ4n) is 2.97.